The van der Waals surface area contributed by atoms with Gasteiger partial charge in [-0.1, -0.05) is 31.5 Å². The fourth-order valence-electron chi connectivity index (χ4n) is 2.71. The molecule has 1 fully saturated rings. The van der Waals surface area contributed by atoms with Crippen LogP contribution in [0.5, 0.6) is 0 Å². The van der Waals surface area contributed by atoms with Crippen LogP contribution in [0.4, 0.5) is 0 Å². The van der Waals surface area contributed by atoms with Gasteiger partial charge in [-0.2, -0.15) is 0 Å². The molecule has 1 aromatic carbocycles. The van der Waals surface area contributed by atoms with Crippen LogP contribution in [0.2, 0.25) is 0 Å². The number of benzene rings is 1. The number of carbonyl (C=O) groups excluding carboxylic acids is 1. The van der Waals surface area contributed by atoms with Gasteiger partial charge in [-0.05, 0) is 49.1 Å². The molecule has 1 N–H and O–H groups in total. The van der Waals surface area contributed by atoms with Crippen molar-refractivity contribution in [1.82, 2.24) is 4.84 Å². The SMILES string of the molecule is CCc1cccc(C(=O)C2CCCC(NCl)C2)c1. The van der Waals surface area contributed by atoms with Gasteiger partial charge in [0.15, 0.2) is 5.78 Å². The van der Waals surface area contributed by atoms with E-state index in [1.807, 2.05) is 18.2 Å². The summed E-state index contributed by atoms with van der Waals surface area (Å²) in [6.45, 7) is 2.11. The molecular formula is C15H20ClNO. The number of halogens is 1. The van der Waals surface area contributed by atoms with Crippen LogP contribution in [-0.4, -0.2) is 11.8 Å². The van der Waals surface area contributed by atoms with Crippen molar-refractivity contribution >= 4 is 17.6 Å². The van der Waals surface area contributed by atoms with Crippen LogP contribution in [0.15, 0.2) is 24.3 Å². The van der Waals surface area contributed by atoms with Crippen LogP contribution in [0.1, 0.15) is 48.5 Å². The van der Waals surface area contributed by atoms with Gasteiger partial charge in [-0.15, -0.1) is 0 Å². The van der Waals surface area contributed by atoms with Crippen LogP contribution in [0, 0.1) is 5.92 Å². The summed E-state index contributed by atoms with van der Waals surface area (Å²) >= 11 is 5.68. The summed E-state index contributed by atoms with van der Waals surface area (Å²) in [6, 6.07) is 8.29. The number of ketones is 1. The van der Waals surface area contributed by atoms with Gasteiger partial charge in [0.25, 0.3) is 0 Å². The molecule has 0 aromatic heterocycles. The highest BCUT2D eigenvalue weighted by molar-refractivity contribution is 6.13. The predicted molar refractivity (Wildman–Crippen MR) is 74.9 cm³/mol. The van der Waals surface area contributed by atoms with Gasteiger partial charge in [0.1, 0.15) is 0 Å². The molecule has 0 bridgehead atoms. The van der Waals surface area contributed by atoms with E-state index >= 15 is 0 Å². The Balaban J connectivity index is 2.10. The topological polar surface area (TPSA) is 29.1 Å². The summed E-state index contributed by atoms with van der Waals surface area (Å²) in [5.41, 5.74) is 2.08. The largest absolute Gasteiger partial charge is 0.294 e. The highest BCUT2D eigenvalue weighted by Crippen LogP contribution is 2.28. The maximum atomic E-state index is 12.5. The second kappa shape index (κ2) is 6.35. The third kappa shape index (κ3) is 3.12. The van der Waals surface area contributed by atoms with Gasteiger partial charge in [-0.25, -0.2) is 4.84 Å². The normalized spacial score (nSPS) is 23.9. The first-order chi connectivity index (χ1) is 8.74. The molecule has 1 aliphatic carbocycles. The summed E-state index contributed by atoms with van der Waals surface area (Å²) in [6.07, 6.45) is 4.97. The lowest BCUT2D eigenvalue weighted by atomic mass is 9.81. The molecule has 0 amide bonds. The Labute approximate surface area is 114 Å². The zero-order valence-electron chi connectivity index (χ0n) is 10.8. The summed E-state index contributed by atoms with van der Waals surface area (Å²) in [4.78, 5) is 15.2. The zero-order valence-corrected chi connectivity index (χ0v) is 11.5. The summed E-state index contributed by atoms with van der Waals surface area (Å²) in [5, 5.41) is 0. The van der Waals surface area contributed by atoms with Crippen LogP contribution < -0.4 is 4.84 Å². The molecule has 0 aliphatic heterocycles. The van der Waals surface area contributed by atoms with E-state index in [2.05, 4.69) is 17.8 Å². The van der Waals surface area contributed by atoms with E-state index in [9.17, 15) is 4.79 Å². The van der Waals surface area contributed by atoms with E-state index in [1.54, 1.807) is 0 Å². The molecule has 1 aromatic rings. The van der Waals surface area contributed by atoms with Crippen LogP contribution in [-0.2, 0) is 6.42 Å². The Hall–Kier alpha value is -0.860. The molecule has 98 valence electrons. The van der Waals surface area contributed by atoms with Crippen molar-refractivity contribution in [2.45, 2.75) is 45.1 Å². The standard InChI is InChI=1S/C15H20ClNO/c1-2-11-5-3-6-12(9-11)15(18)13-7-4-8-14(10-13)17-16/h3,5-6,9,13-14,17H,2,4,7-8,10H2,1H3. The number of nitrogens with one attached hydrogen (secondary N) is 1. The van der Waals surface area contributed by atoms with Crippen LogP contribution >= 0.6 is 11.8 Å². The van der Waals surface area contributed by atoms with E-state index in [0.29, 0.717) is 0 Å². The fraction of sp³-hybridized carbons (Fsp3) is 0.533. The molecular weight excluding hydrogens is 246 g/mol. The van der Waals surface area contributed by atoms with Gasteiger partial charge in [-0.3, -0.25) is 4.79 Å². The molecule has 2 unspecified atom stereocenters. The van der Waals surface area contributed by atoms with Crippen molar-refractivity contribution in [3.8, 4) is 0 Å². The number of aryl methyl sites for hydroxylation is 1. The molecule has 0 heterocycles. The average molecular weight is 266 g/mol. The van der Waals surface area contributed by atoms with Crippen molar-refractivity contribution in [3.63, 3.8) is 0 Å². The summed E-state index contributed by atoms with van der Waals surface area (Å²) in [5.74, 6) is 0.407. The van der Waals surface area contributed by atoms with E-state index in [-0.39, 0.29) is 17.7 Å². The Morgan fingerprint density at radius 2 is 2.28 bits per heavy atom. The second-order valence-corrected chi connectivity index (χ2v) is 5.31. The highest BCUT2D eigenvalue weighted by atomic mass is 35.5. The maximum Gasteiger partial charge on any atom is 0.166 e. The predicted octanol–water partition coefficient (Wildman–Crippen LogP) is 3.73. The third-order valence-electron chi connectivity index (χ3n) is 3.82. The van der Waals surface area contributed by atoms with E-state index in [4.69, 9.17) is 11.8 Å². The smallest absolute Gasteiger partial charge is 0.166 e. The number of hydrogen-bond acceptors (Lipinski definition) is 2. The number of carbonyl (C=O) groups is 1. The first-order valence-electron chi connectivity index (χ1n) is 6.74. The van der Waals surface area contributed by atoms with Gasteiger partial charge >= 0.3 is 0 Å². The van der Waals surface area contributed by atoms with Gasteiger partial charge in [0.2, 0.25) is 0 Å². The summed E-state index contributed by atoms with van der Waals surface area (Å²) < 4.78 is 0. The van der Waals surface area contributed by atoms with Gasteiger partial charge in [0.05, 0.1) is 0 Å². The molecule has 3 heteroatoms. The van der Waals surface area contributed by atoms with Crippen molar-refractivity contribution in [2.75, 3.05) is 0 Å². The lowest BCUT2D eigenvalue weighted by Gasteiger charge is -2.27. The highest BCUT2D eigenvalue weighted by Gasteiger charge is 2.27. The van der Waals surface area contributed by atoms with E-state index < -0.39 is 0 Å². The molecule has 1 saturated carbocycles. The lowest BCUT2D eigenvalue weighted by molar-refractivity contribution is 0.0879. The van der Waals surface area contributed by atoms with Crippen molar-refractivity contribution in [3.05, 3.63) is 35.4 Å². The van der Waals surface area contributed by atoms with Crippen molar-refractivity contribution in [1.29, 1.82) is 0 Å². The second-order valence-electron chi connectivity index (χ2n) is 5.09. The minimum absolute atomic E-state index is 0.127. The molecule has 0 spiro atoms. The average Bonchev–Trinajstić information content (AvgIpc) is 2.46. The molecule has 0 saturated heterocycles. The van der Waals surface area contributed by atoms with Gasteiger partial charge in [0, 0.05) is 17.5 Å². The zero-order chi connectivity index (χ0) is 13.0. The monoisotopic (exact) mass is 265 g/mol. The fourth-order valence-corrected chi connectivity index (χ4v) is 2.91. The summed E-state index contributed by atoms with van der Waals surface area (Å²) in [7, 11) is 0. The van der Waals surface area contributed by atoms with Crippen LogP contribution in [0.3, 0.4) is 0 Å². The Kier molecular flexibility index (Phi) is 4.79. The number of hydrogen-bond donors (Lipinski definition) is 1. The lowest BCUT2D eigenvalue weighted by Crippen LogP contribution is -2.32. The maximum absolute atomic E-state index is 12.5. The number of Topliss-reactive ketones (excluding diaryl/α,β-unsaturated/α-hetero) is 1. The minimum Gasteiger partial charge on any atom is -0.294 e. The molecule has 2 atom stereocenters. The van der Waals surface area contributed by atoms with Crippen molar-refractivity contribution < 1.29 is 4.79 Å². The first-order valence-corrected chi connectivity index (χ1v) is 7.11. The number of rotatable bonds is 4. The minimum atomic E-state index is 0.127. The first kappa shape index (κ1) is 13.6. The molecule has 0 radical (unpaired) electrons. The molecule has 2 nitrogen and oxygen atoms in total. The Bertz CT molecular complexity index is 419. The van der Waals surface area contributed by atoms with E-state index in [1.165, 1.54) is 5.56 Å². The Morgan fingerprint density at radius 1 is 1.44 bits per heavy atom. The molecule has 1 aliphatic rings. The van der Waals surface area contributed by atoms with Crippen molar-refractivity contribution in [2.24, 2.45) is 5.92 Å². The van der Waals surface area contributed by atoms with Gasteiger partial charge < -0.3 is 0 Å². The molecule has 2 rings (SSSR count). The third-order valence-corrected chi connectivity index (χ3v) is 4.13. The molecule has 18 heavy (non-hydrogen) atoms. The quantitative estimate of drug-likeness (QED) is 0.664. The van der Waals surface area contributed by atoms with E-state index in [0.717, 1.165) is 37.7 Å². The van der Waals surface area contributed by atoms with Crippen LogP contribution in [0.25, 0.3) is 0 Å². The Morgan fingerprint density at radius 3 is 3.00 bits per heavy atom.